The van der Waals surface area contributed by atoms with Crippen LogP contribution in [-0.2, 0) is 16.1 Å². The molecule has 1 aromatic heterocycles. The smallest absolute Gasteiger partial charge is 0.229 e. The van der Waals surface area contributed by atoms with Gasteiger partial charge in [0.2, 0.25) is 11.8 Å². The Bertz CT molecular complexity index is 470. The Kier molecular flexibility index (Phi) is 5.09. The fraction of sp³-hybridized carbons (Fsp3) is 0.533. The standard InChI is InChI=1S/C15H21N3O2/c1-2-9-16-15-12(6-5-10-17-15)11-18-13(19)7-3-4-8-14(18)20/h5-6,10H,2-4,7-9,11H2,1H3,(H,16,17). The summed E-state index contributed by atoms with van der Waals surface area (Å²) in [7, 11) is 0. The first-order chi connectivity index (χ1) is 9.72. The van der Waals surface area contributed by atoms with Gasteiger partial charge in [-0.15, -0.1) is 0 Å². The van der Waals surface area contributed by atoms with Crippen molar-refractivity contribution in [2.24, 2.45) is 0 Å². The van der Waals surface area contributed by atoms with Gasteiger partial charge < -0.3 is 5.32 Å². The minimum absolute atomic E-state index is 0.0715. The lowest BCUT2D eigenvalue weighted by Gasteiger charge is -2.20. The van der Waals surface area contributed by atoms with Gasteiger partial charge in [-0.2, -0.15) is 0 Å². The highest BCUT2D eigenvalue weighted by molar-refractivity contribution is 5.96. The van der Waals surface area contributed by atoms with Gasteiger partial charge in [-0.05, 0) is 25.3 Å². The monoisotopic (exact) mass is 275 g/mol. The molecule has 0 bridgehead atoms. The van der Waals surface area contributed by atoms with Gasteiger partial charge in [0, 0.05) is 31.1 Å². The minimum Gasteiger partial charge on any atom is -0.370 e. The van der Waals surface area contributed by atoms with Gasteiger partial charge in [-0.25, -0.2) is 4.98 Å². The molecule has 2 heterocycles. The summed E-state index contributed by atoms with van der Waals surface area (Å²) in [6.45, 7) is 3.22. The molecule has 108 valence electrons. The quantitative estimate of drug-likeness (QED) is 0.838. The van der Waals surface area contributed by atoms with E-state index in [-0.39, 0.29) is 11.8 Å². The number of imide groups is 1. The topological polar surface area (TPSA) is 62.3 Å². The van der Waals surface area contributed by atoms with Crippen molar-refractivity contribution in [3.8, 4) is 0 Å². The molecule has 0 unspecified atom stereocenters. The van der Waals surface area contributed by atoms with Crippen LogP contribution in [0, 0.1) is 0 Å². The molecule has 5 heteroatoms. The molecular formula is C15H21N3O2. The zero-order chi connectivity index (χ0) is 14.4. The third kappa shape index (κ3) is 3.56. The second kappa shape index (κ2) is 7.03. The van der Waals surface area contributed by atoms with Crippen LogP contribution >= 0.6 is 0 Å². The number of nitrogens with one attached hydrogen (secondary N) is 1. The summed E-state index contributed by atoms with van der Waals surface area (Å²) < 4.78 is 0. The first-order valence-electron chi connectivity index (χ1n) is 7.23. The number of hydrogen-bond donors (Lipinski definition) is 1. The number of hydrogen-bond acceptors (Lipinski definition) is 4. The Hall–Kier alpha value is -1.91. The molecule has 20 heavy (non-hydrogen) atoms. The largest absolute Gasteiger partial charge is 0.370 e. The van der Waals surface area contributed by atoms with Gasteiger partial charge in [-0.1, -0.05) is 13.0 Å². The van der Waals surface area contributed by atoms with Crippen LogP contribution in [0.2, 0.25) is 0 Å². The minimum atomic E-state index is -0.0715. The molecule has 0 aliphatic carbocycles. The maximum atomic E-state index is 12.0. The summed E-state index contributed by atoms with van der Waals surface area (Å²) in [5, 5.41) is 3.24. The third-order valence-corrected chi connectivity index (χ3v) is 3.40. The van der Waals surface area contributed by atoms with Crippen molar-refractivity contribution in [3.63, 3.8) is 0 Å². The zero-order valence-corrected chi connectivity index (χ0v) is 11.9. The predicted octanol–water partition coefficient (Wildman–Crippen LogP) is 2.33. The van der Waals surface area contributed by atoms with E-state index in [0.717, 1.165) is 37.2 Å². The molecule has 0 atom stereocenters. The normalized spacial score (nSPS) is 16.1. The van der Waals surface area contributed by atoms with E-state index in [0.29, 0.717) is 19.4 Å². The number of likely N-dealkylation sites (tertiary alicyclic amines) is 1. The molecule has 1 saturated heterocycles. The van der Waals surface area contributed by atoms with Crippen molar-refractivity contribution >= 4 is 17.6 Å². The molecule has 0 aromatic carbocycles. The first-order valence-corrected chi connectivity index (χ1v) is 7.23. The summed E-state index contributed by atoms with van der Waals surface area (Å²) in [5.74, 6) is 0.620. The SMILES string of the molecule is CCCNc1ncccc1CN1C(=O)CCCCC1=O. The van der Waals surface area contributed by atoms with Crippen LogP contribution in [0.3, 0.4) is 0 Å². The van der Waals surface area contributed by atoms with Gasteiger partial charge in [0.1, 0.15) is 5.82 Å². The predicted molar refractivity (Wildman–Crippen MR) is 77.0 cm³/mol. The number of aromatic nitrogens is 1. The molecule has 2 amide bonds. The van der Waals surface area contributed by atoms with Gasteiger partial charge in [0.15, 0.2) is 0 Å². The van der Waals surface area contributed by atoms with Crippen LogP contribution in [0.5, 0.6) is 0 Å². The lowest BCUT2D eigenvalue weighted by atomic mass is 10.2. The maximum Gasteiger partial charge on any atom is 0.229 e. The van der Waals surface area contributed by atoms with Gasteiger partial charge in [-0.3, -0.25) is 14.5 Å². The third-order valence-electron chi connectivity index (χ3n) is 3.40. The summed E-state index contributed by atoms with van der Waals surface area (Å²) >= 11 is 0. The molecular weight excluding hydrogens is 254 g/mol. The fourth-order valence-corrected chi connectivity index (χ4v) is 2.28. The summed E-state index contributed by atoms with van der Waals surface area (Å²) in [4.78, 5) is 29.7. The second-order valence-corrected chi connectivity index (χ2v) is 5.02. The highest BCUT2D eigenvalue weighted by atomic mass is 16.2. The molecule has 1 fully saturated rings. The van der Waals surface area contributed by atoms with E-state index in [2.05, 4.69) is 17.2 Å². The highest BCUT2D eigenvalue weighted by Gasteiger charge is 2.24. The van der Waals surface area contributed by atoms with Crippen molar-refractivity contribution in [1.29, 1.82) is 0 Å². The molecule has 1 aromatic rings. The van der Waals surface area contributed by atoms with Crippen molar-refractivity contribution < 1.29 is 9.59 Å². The van der Waals surface area contributed by atoms with Crippen molar-refractivity contribution in [3.05, 3.63) is 23.9 Å². The first kappa shape index (κ1) is 14.5. The molecule has 0 saturated carbocycles. The van der Waals surface area contributed by atoms with Crippen LogP contribution in [-0.4, -0.2) is 28.2 Å². The van der Waals surface area contributed by atoms with Gasteiger partial charge in [0.05, 0.1) is 6.54 Å². The van der Waals surface area contributed by atoms with Crippen LogP contribution in [0.25, 0.3) is 0 Å². The average molecular weight is 275 g/mol. The molecule has 1 aliphatic rings. The van der Waals surface area contributed by atoms with E-state index in [1.807, 2.05) is 12.1 Å². The number of carbonyl (C=O) groups excluding carboxylic acids is 2. The fourth-order valence-electron chi connectivity index (χ4n) is 2.28. The molecule has 0 spiro atoms. The van der Waals surface area contributed by atoms with Crippen LogP contribution < -0.4 is 5.32 Å². The van der Waals surface area contributed by atoms with E-state index >= 15 is 0 Å². The lowest BCUT2D eigenvalue weighted by Crippen LogP contribution is -2.34. The second-order valence-electron chi connectivity index (χ2n) is 5.02. The van der Waals surface area contributed by atoms with Crippen molar-refractivity contribution in [2.75, 3.05) is 11.9 Å². The Balaban J connectivity index is 2.15. The highest BCUT2D eigenvalue weighted by Crippen LogP contribution is 2.19. The summed E-state index contributed by atoms with van der Waals surface area (Å²) in [6.07, 6.45) is 5.24. The lowest BCUT2D eigenvalue weighted by molar-refractivity contribution is -0.144. The Labute approximate surface area is 119 Å². The van der Waals surface area contributed by atoms with E-state index in [9.17, 15) is 9.59 Å². The number of amides is 2. The molecule has 2 rings (SSSR count). The van der Waals surface area contributed by atoms with Crippen molar-refractivity contribution in [1.82, 2.24) is 9.88 Å². The Morgan fingerprint density at radius 2 is 1.95 bits per heavy atom. The van der Waals surface area contributed by atoms with E-state index in [1.165, 1.54) is 4.90 Å². The molecule has 1 N–H and O–H groups in total. The Morgan fingerprint density at radius 1 is 1.25 bits per heavy atom. The number of rotatable bonds is 5. The van der Waals surface area contributed by atoms with Crippen molar-refractivity contribution in [2.45, 2.75) is 45.6 Å². The number of pyridine rings is 1. The van der Waals surface area contributed by atoms with Crippen LogP contribution in [0.15, 0.2) is 18.3 Å². The molecule has 1 aliphatic heterocycles. The number of nitrogens with zero attached hydrogens (tertiary/aromatic N) is 2. The molecule has 5 nitrogen and oxygen atoms in total. The van der Waals surface area contributed by atoms with Crippen LogP contribution in [0.1, 0.15) is 44.6 Å². The van der Waals surface area contributed by atoms with Crippen LogP contribution in [0.4, 0.5) is 5.82 Å². The maximum absolute atomic E-state index is 12.0. The van der Waals surface area contributed by atoms with E-state index in [4.69, 9.17) is 0 Å². The molecule has 0 radical (unpaired) electrons. The van der Waals surface area contributed by atoms with E-state index in [1.54, 1.807) is 6.20 Å². The van der Waals surface area contributed by atoms with Gasteiger partial charge >= 0.3 is 0 Å². The Morgan fingerprint density at radius 3 is 2.60 bits per heavy atom. The van der Waals surface area contributed by atoms with E-state index < -0.39 is 0 Å². The zero-order valence-electron chi connectivity index (χ0n) is 11.9. The van der Waals surface area contributed by atoms with Gasteiger partial charge in [0.25, 0.3) is 0 Å². The summed E-state index contributed by atoms with van der Waals surface area (Å²) in [6, 6.07) is 3.75. The number of anilines is 1. The summed E-state index contributed by atoms with van der Waals surface area (Å²) in [5.41, 5.74) is 0.893. The number of carbonyl (C=O) groups is 2. The average Bonchev–Trinajstić information content (AvgIpc) is 2.61.